The predicted octanol–water partition coefficient (Wildman–Crippen LogP) is 2.22. The Balaban J connectivity index is 2.20. The maximum atomic E-state index is 6.12. The van der Waals surface area contributed by atoms with Gasteiger partial charge in [-0.15, -0.1) is 5.10 Å². The van der Waals surface area contributed by atoms with Gasteiger partial charge in [-0.3, -0.25) is 0 Å². The molecule has 0 N–H and O–H groups in total. The molecule has 0 bridgehead atoms. The third-order valence-corrected chi connectivity index (χ3v) is 2.91. The Kier molecular flexibility index (Phi) is 1.92. The molecule has 0 unspecified atom stereocenters. The van der Waals surface area contributed by atoms with E-state index in [1.807, 2.05) is 13.0 Å². The Labute approximate surface area is 92.3 Å². The first-order valence-corrected chi connectivity index (χ1v) is 5.58. The van der Waals surface area contributed by atoms with Gasteiger partial charge in [0.05, 0.1) is 5.69 Å². The zero-order valence-corrected chi connectivity index (χ0v) is 9.20. The first-order valence-electron chi connectivity index (χ1n) is 5.20. The summed E-state index contributed by atoms with van der Waals surface area (Å²) in [6.45, 7) is 2.02. The molecule has 0 atom stereocenters. The van der Waals surface area contributed by atoms with Crippen LogP contribution in [0.1, 0.15) is 37.2 Å². The third kappa shape index (κ3) is 1.49. The van der Waals surface area contributed by atoms with E-state index in [2.05, 4.69) is 15.1 Å². The molecular weight excluding hydrogens is 212 g/mol. The molecule has 15 heavy (non-hydrogen) atoms. The minimum absolute atomic E-state index is 0.592. The Morgan fingerprint density at radius 1 is 1.47 bits per heavy atom. The van der Waals surface area contributed by atoms with Crippen LogP contribution in [0.25, 0.3) is 5.78 Å². The van der Waals surface area contributed by atoms with Gasteiger partial charge in [0.15, 0.2) is 5.82 Å². The standard InChI is InChI=1S/C10H11ClN4/c1-2-9-13-10-12-7(6-3-4-6)5-8(11)15(10)14-9/h5-6H,2-4H2,1H3. The van der Waals surface area contributed by atoms with E-state index in [1.54, 1.807) is 4.52 Å². The fourth-order valence-corrected chi connectivity index (χ4v) is 1.86. The van der Waals surface area contributed by atoms with Gasteiger partial charge in [0.2, 0.25) is 0 Å². The van der Waals surface area contributed by atoms with Crippen LogP contribution in [0.2, 0.25) is 5.15 Å². The molecule has 3 rings (SSSR count). The van der Waals surface area contributed by atoms with Crippen molar-refractivity contribution in [3.63, 3.8) is 0 Å². The van der Waals surface area contributed by atoms with Crippen molar-refractivity contribution in [1.82, 2.24) is 19.6 Å². The van der Waals surface area contributed by atoms with E-state index in [1.165, 1.54) is 12.8 Å². The molecule has 0 amide bonds. The van der Waals surface area contributed by atoms with Crippen LogP contribution in [-0.2, 0) is 6.42 Å². The first kappa shape index (κ1) is 9.09. The van der Waals surface area contributed by atoms with Crippen LogP contribution < -0.4 is 0 Å². The van der Waals surface area contributed by atoms with Crippen LogP contribution in [0.4, 0.5) is 0 Å². The molecule has 0 aromatic carbocycles. The lowest BCUT2D eigenvalue weighted by Gasteiger charge is -1.99. The highest BCUT2D eigenvalue weighted by Crippen LogP contribution is 2.39. The van der Waals surface area contributed by atoms with Crippen molar-refractivity contribution in [3.05, 3.63) is 22.7 Å². The van der Waals surface area contributed by atoms with E-state index in [-0.39, 0.29) is 0 Å². The molecule has 2 heterocycles. The Hall–Kier alpha value is -1.16. The molecule has 2 aromatic rings. The minimum Gasteiger partial charge on any atom is -0.216 e. The van der Waals surface area contributed by atoms with E-state index < -0.39 is 0 Å². The van der Waals surface area contributed by atoms with Gasteiger partial charge in [-0.2, -0.15) is 9.50 Å². The number of rotatable bonds is 2. The third-order valence-electron chi connectivity index (χ3n) is 2.64. The molecule has 0 radical (unpaired) electrons. The quantitative estimate of drug-likeness (QED) is 0.732. The molecule has 1 fully saturated rings. The van der Waals surface area contributed by atoms with E-state index in [0.29, 0.717) is 16.8 Å². The van der Waals surface area contributed by atoms with Crippen molar-refractivity contribution >= 4 is 17.4 Å². The molecular formula is C10H11ClN4. The Morgan fingerprint density at radius 2 is 2.27 bits per heavy atom. The van der Waals surface area contributed by atoms with Crippen molar-refractivity contribution in [3.8, 4) is 0 Å². The normalized spacial score (nSPS) is 16.1. The average molecular weight is 223 g/mol. The van der Waals surface area contributed by atoms with Gasteiger partial charge in [0, 0.05) is 12.3 Å². The van der Waals surface area contributed by atoms with Crippen LogP contribution >= 0.6 is 11.6 Å². The number of aromatic nitrogens is 4. The second kappa shape index (κ2) is 3.17. The number of halogens is 1. The van der Waals surface area contributed by atoms with Gasteiger partial charge in [0.1, 0.15) is 5.15 Å². The van der Waals surface area contributed by atoms with Crippen LogP contribution in [-0.4, -0.2) is 19.6 Å². The van der Waals surface area contributed by atoms with Crippen molar-refractivity contribution in [2.75, 3.05) is 0 Å². The van der Waals surface area contributed by atoms with Gasteiger partial charge >= 0.3 is 0 Å². The molecule has 78 valence electrons. The largest absolute Gasteiger partial charge is 0.254 e. The summed E-state index contributed by atoms with van der Waals surface area (Å²) in [5, 5.41) is 4.87. The van der Waals surface area contributed by atoms with Gasteiger partial charge in [-0.05, 0) is 18.9 Å². The summed E-state index contributed by atoms with van der Waals surface area (Å²) in [6.07, 6.45) is 3.24. The number of aryl methyl sites for hydroxylation is 1. The summed E-state index contributed by atoms with van der Waals surface area (Å²) >= 11 is 6.12. The summed E-state index contributed by atoms with van der Waals surface area (Å²) < 4.78 is 1.60. The topological polar surface area (TPSA) is 43.1 Å². The molecule has 1 aliphatic rings. The van der Waals surface area contributed by atoms with Crippen molar-refractivity contribution in [2.24, 2.45) is 0 Å². The highest BCUT2D eigenvalue weighted by molar-refractivity contribution is 6.29. The van der Waals surface area contributed by atoms with Gasteiger partial charge in [-0.1, -0.05) is 18.5 Å². The molecule has 0 saturated heterocycles. The smallest absolute Gasteiger partial charge is 0.216 e. The summed E-state index contributed by atoms with van der Waals surface area (Å²) in [6, 6.07) is 1.90. The fraction of sp³-hybridized carbons (Fsp3) is 0.500. The molecule has 1 aliphatic carbocycles. The van der Waals surface area contributed by atoms with E-state index in [0.717, 1.165) is 17.9 Å². The van der Waals surface area contributed by atoms with Crippen molar-refractivity contribution in [1.29, 1.82) is 0 Å². The number of fused-ring (bicyclic) bond motifs is 1. The fourth-order valence-electron chi connectivity index (χ4n) is 1.63. The zero-order chi connectivity index (χ0) is 10.4. The van der Waals surface area contributed by atoms with E-state index >= 15 is 0 Å². The van der Waals surface area contributed by atoms with Crippen LogP contribution in [0.5, 0.6) is 0 Å². The van der Waals surface area contributed by atoms with Crippen LogP contribution in [0.15, 0.2) is 6.07 Å². The number of hydrogen-bond acceptors (Lipinski definition) is 3. The summed E-state index contributed by atoms with van der Waals surface area (Å²) in [7, 11) is 0. The highest BCUT2D eigenvalue weighted by atomic mass is 35.5. The number of hydrogen-bond donors (Lipinski definition) is 0. The van der Waals surface area contributed by atoms with Crippen LogP contribution in [0.3, 0.4) is 0 Å². The first-order chi connectivity index (χ1) is 7.28. The maximum Gasteiger partial charge on any atom is 0.254 e. The Morgan fingerprint density at radius 3 is 2.93 bits per heavy atom. The second-order valence-corrected chi connectivity index (χ2v) is 4.26. The minimum atomic E-state index is 0.592. The van der Waals surface area contributed by atoms with E-state index in [9.17, 15) is 0 Å². The molecule has 4 nitrogen and oxygen atoms in total. The van der Waals surface area contributed by atoms with Gasteiger partial charge in [-0.25, -0.2) is 4.98 Å². The second-order valence-electron chi connectivity index (χ2n) is 3.87. The zero-order valence-electron chi connectivity index (χ0n) is 8.44. The van der Waals surface area contributed by atoms with Crippen molar-refractivity contribution in [2.45, 2.75) is 32.1 Å². The van der Waals surface area contributed by atoms with Crippen LogP contribution in [0, 0.1) is 0 Å². The Bertz CT molecular complexity index is 515. The molecule has 0 aliphatic heterocycles. The SMILES string of the molecule is CCc1nc2nc(C3CC3)cc(Cl)n2n1. The lowest BCUT2D eigenvalue weighted by atomic mass is 10.3. The van der Waals surface area contributed by atoms with E-state index in [4.69, 9.17) is 11.6 Å². The number of nitrogens with zero attached hydrogens (tertiary/aromatic N) is 4. The average Bonchev–Trinajstić information content (AvgIpc) is 2.98. The molecule has 2 aromatic heterocycles. The highest BCUT2D eigenvalue weighted by Gasteiger charge is 2.26. The molecule has 1 saturated carbocycles. The lowest BCUT2D eigenvalue weighted by molar-refractivity contribution is 0.869. The maximum absolute atomic E-state index is 6.12. The van der Waals surface area contributed by atoms with Gasteiger partial charge < -0.3 is 0 Å². The predicted molar refractivity (Wildman–Crippen MR) is 57.1 cm³/mol. The summed E-state index contributed by atoms with van der Waals surface area (Å²) in [5.74, 6) is 2.01. The van der Waals surface area contributed by atoms with Crippen molar-refractivity contribution < 1.29 is 0 Å². The monoisotopic (exact) mass is 222 g/mol. The summed E-state index contributed by atoms with van der Waals surface area (Å²) in [5.41, 5.74) is 1.06. The molecule has 5 heteroatoms. The lowest BCUT2D eigenvalue weighted by Crippen LogP contribution is -1.96. The molecule has 0 spiro atoms. The summed E-state index contributed by atoms with van der Waals surface area (Å²) in [4.78, 5) is 8.79. The van der Waals surface area contributed by atoms with Gasteiger partial charge in [0.25, 0.3) is 5.78 Å².